The molecule has 0 aliphatic carbocycles. The van der Waals surface area contributed by atoms with Crippen LogP contribution in [-0.4, -0.2) is 58.6 Å². The van der Waals surface area contributed by atoms with Crippen molar-refractivity contribution in [2.75, 3.05) is 33.7 Å². The number of phenols is 2. The van der Waals surface area contributed by atoms with Gasteiger partial charge >= 0.3 is 0 Å². The maximum Gasteiger partial charge on any atom is 0.189 e. The van der Waals surface area contributed by atoms with Crippen LogP contribution in [0.5, 0.6) is 11.5 Å². The van der Waals surface area contributed by atoms with Gasteiger partial charge in [0.15, 0.2) is 5.43 Å². The number of nitrogens with one attached hydrogen (secondary N) is 1. The smallest absolute Gasteiger partial charge is 0.189 e. The van der Waals surface area contributed by atoms with E-state index in [0.717, 1.165) is 36.8 Å². The highest BCUT2D eigenvalue weighted by molar-refractivity contribution is 6.23. The number of aromatic hydroxyl groups is 2. The third-order valence-corrected chi connectivity index (χ3v) is 5.45. The number of fused-ring (bicyclic) bond motifs is 2. The van der Waals surface area contributed by atoms with Crippen molar-refractivity contribution in [3.63, 3.8) is 0 Å². The largest absolute Gasteiger partial charge is 0.507 e. The van der Waals surface area contributed by atoms with Crippen LogP contribution in [0.2, 0.25) is 0 Å². The van der Waals surface area contributed by atoms with Gasteiger partial charge in [-0.15, -0.1) is 0 Å². The van der Waals surface area contributed by atoms with E-state index in [9.17, 15) is 15.0 Å². The molecule has 8 nitrogen and oxygen atoms in total. The highest BCUT2D eigenvalue weighted by Crippen LogP contribution is 2.41. The zero-order valence-electron chi connectivity index (χ0n) is 17.3. The van der Waals surface area contributed by atoms with Crippen molar-refractivity contribution >= 4 is 32.6 Å². The average Bonchev–Trinajstić information content (AvgIpc) is 3.07. The van der Waals surface area contributed by atoms with Crippen molar-refractivity contribution in [3.8, 4) is 11.5 Å². The number of aromatic nitrogens is 2. The number of nitrogens with zero attached hydrogens (tertiary/aromatic N) is 3. The third kappa shape index (κ3) is 3.28. The molecule has 0 saturated carbocycles. The Balaban J connectivity index is 2.09. The molecule has 8 heteroatoms. The van der Waals surface area contributed by atoms with E-state index in [2.05, 4.69) is 15.0 Å². The quantitative estimate of drug-likeness (QED) is 0.273. The monoisotopic (exact) mass is 409 g/mol. The molecule has 4 rings (SSSR count). The first-order valence-corrected chi connectivity index (χ1v) is 10.1. The predicted molar refractivity (Wildman–Crippen MR) is 119 cm³/mol. The van der Waals surface area contributed by atoms with Crippen molar-refractivity contribution in [3.05, 3.63) is 39.8 Å². The summed E-state index contributed by atoms with van der Waals surface area (Å²) >= 11 is 0. The number of rotatable bonds is 7. The molecule has 0 radical (unpaired) electrons. The lowest BCUT2D eigenvalue weighted by Crippen LogP contribution is -2.15. The molecule has 5 N–H and O–H groups in total. The predicted octanol–water partition coefficient (Wildman–Crippen LogP) is 1.69. The minimum Gasteiger partial charge on any atom is -0.507 e. The van der Waals surface area contributed by atoms with Gasteiger partial charge in [0.2, 0.25) is 0 Å². The molecule has 0 amide bonds. The molecule has 0 unspecified atom stereocenters. The molecule has 4 aromatic rings. The maximum absolute atomic E-state index is 12.7. The van der Waals surface area contributed by atoms with Crippen molar-refractivity contribution in [2.45, 2.75) is 19.4 Å². The lowest BCUT2D eigenvalue weighted by atomic mass is 9.99. The molecule has 0 aliphatic heterocycles. The Hall–Kier alpha value is -3.10. The number of H-pyrrole nitrogens is 1. The third-order valence-electron chi connectivity index (χ3n) is 5.45. The normalized spacial score (nSPS) is 12.9. The molecule has 0 saturated heterocycles. The Morgan fingerprint density at radius 3 is 2.60 bits per heavy atom. The van der Waals surface area contributed by atoms with Crippen LogP contribution in [0.4, 0.5) is 0 Å². The number of aryl methyl sites for hydroxylation is 1. The van der Waals surface area contributed by atoms with Gasteiger partial charge in [-0.1, -0.05) is 0 Å². The van der Waals surface area contributed by atoms with Gasteiger partial charge in [0, 0.05) is 18.5 Å². The summed E-state index contributed by atoms with van der Waals surface area (Å²) in [6, 6.07) is 6.47. The van der Waals surface area contributed by atoms with E-state index < -0.39 is 0 Å². The Morgan fingerprint density at radius 2 is 1.87 bits per heavy atom. The topological polar surface area (TPSA) is 120 Å². The van der Waals surface area contributed by atoms with Gasteiger partial charge in [-0.2, -0.15) is 0 Å². The van der Waals surface area contributed by atoms with Gasteiger partial charge in [-0.25, -0.2) is 0 Å². The highest BCUT2D eigenvalue weighted by atomic mass is 16.3. The number of aromatic amines is 1. The molecule has 158 valence electrons. The summed E-state index contributed by atoms with van der Waals surface area (Å²) in [5.41, 5.74) is 6.83. The molecule has 1 heterocycles. The first-order chi connectivity index (χ1) is 14.4. The molecule has 0 bridgehead atoms. The fourth-order valence-corrected chi connectivity index (χ4v) is 4.06. The number of phenolic OH excluding ortho intramolecular Hbond substituents is 2. The van der Waals surface area contributed by atoms with Crippen LogP contribution in [0, 0.1) is 0 Å². The second-order valence-corrected chi connectivity index (χ2v) is 7.85. The van der Waals surface area contributed by atoms with E-state index in [1.54, 1.807) is 0 Å². The van der Waals surface area contributed by atoms with Crippen molar-refractivity contribution in [1.82, 2.24) is 14.7 Å². The molecule has 1 aromatic heterocycles. The molecular weight excluding hydrogens is 382 g/mol. The van der Waals surface area contributed by atoms with Crippen LogP contribution in [0.25, 0.3) is 32.6 Å². The van der Waals surface area contributed by atoms with Gasteiger partial charge < -0.3 is 20.8 Å². The number of hydrogen-bond acceptors (Lipinski definition) is 6. The van der Waals surface area contributed by atoms with Gasteiger partial charge in [0.25, 0.3) is 0 Å². The van der Waals surface area contributed by atoms with Gasteiger partial charge in [-0.05, 0) is 64.3 Å². The molecule has 0 atom stereocenters. The second kappa shape index (κ2) is 7.97. The first-order valence-electron chi connectivity index (χ1n) is 10.1. The Kier molecular flexibility index (Phi) is 5.36. The lowest BCUT2D eigenvalue weighted by molar-refractivity contribution is 0.383. The van der Waals surface area contributed by atoms with E-state index in [0.29, 0.717) is 29.3 Å². The molecule has 0 aliphatic rings. The van der Waals surface area contributed by atoms with E-state index in [4.69, 9.17) is 5.73 Å². The van der Waals surface area contributed by atoms with Gasteiger partial charge in [0.05, 0.1) is 32.5 Å². The first kappa shape index (κ1) is 20.2. The zero-order valence-corrected chi connectivity index (χ0v) is 17.3. The Morgan fingerprint density at radius 1 is 1.07 bits per heavy atom. The summed E-state index contributed by atoms with van der Waals surface area (Å²) in [5, 5.41) is 27.3. The van der Waals surface area contributed by atoms with Crippen LogP contribution in [0.1, 0.15) is 12.8 Å². The standard InChI is InChI=1S/C22H27N5O3/c1-26(2)11-4-12-27-14-6-5-13(24-10-3-9-23)17-18(14)21(25-27)19-15(28)7-8-16(29)20(19)22(17)30/h5-8,25,29-30H,3-4,9-12,23H2,1-2H3. The fraction of sp³-hybridized carbons (Fsp3) is 0.364. The second-order valence-electron chi connectivity index (χ2n) is 7.85. The lowest BCUT2D eigenvalue weighted by Gasteiger charge is -2.10. The number of benzene rings is 3. The van der Waals surface area contributed by atoms with E-state index >= 15 is 0 Å². The summed E-state index contributed by atoms with van der Waals surface area (Å²) in [7, 11) is 4.06. The fourth-order valence-electron chi connectivity index (χ4n) is 4.06. The van der Waals surface area contributed by atoms with E-state index in [1.165, 1.54) is 12.1 Å². The molecule has 30 heavy (non-hydrogen) atoms. The molecule has 0 fully saturated rings. The van der Waals surface area contributed by atoms with E-state index in [-0.39, 0.29) is 27.7 Å². The average molecular weight is 409 g/mol. The summed E-state index contributed by atoms with van der Waals surface area (Å²) < 4.78 is 1.99. The van der Waals surface area contributed by atoms with Crippen LogP contribution in [0.3, 0.4) is 0 Å². The minimum atomic E-state index is -0.255. The minimum absolute atomic E-state index is 0.121. The van der Waals surface area contributed by atoms with Crippen LogP contribution >= 0.6 is 0 Å². The van der Waals surface area contributed by atoms with Gasteiger partial charge in [-0.3, -0.25) is 19.6 Å². The molecule has 3 aromatic carbocycles. The van der Waals surface area contributed by atoms with Crippen molar-refractivity contribution in [2.24, 2.45) is 10.7 Å². The summed E-state index contributed by atoms with van der Waals surface area (Å²) in [4.78, 5) is 19.4. The van der Waals surface area contributed by atoms with Crippen LogP contribution in [0.15, 0.2) is 34.1 Å². The van der Waals surface area contributed by atoms with Crippen molar-refractivity contribution < 1.29 is 10.2 Å². The Bertz CT molecular complexity index is 1340. The summed E-state index contributed by atoms with van der Waals surface area (Å²) in [6.07, 6.45) is 1.65. The summed E-state index contributed by atoms with van der Waals surface area (Å²) in [6.45, 7) is 2.71. The van der Waals surface area contributed by atoms with Crippen LogP contribution < -0.4 is 16.5 Å². The molecule has 0 spiro atoms. The Labute approximate surface area is 173 Å². The summed E-state index contributed by atoms with van der Waals surface area (Å²) in [5.74, 6) is -0.254. The number of hydrogen-bond donors (Lipinski definition) is 4. The molecular formula is C22H27N5O3. The SMILES string of the molecule is CN(C)CCCn1[nH]c2c3c(=O)ccc(O)c3c(O)c3c(=NCCCN)ccc1c32. The van der Waals surface area contributed by atoms with Crippen LogP contribution in [-0.2, 0) is 6.54 Å². The number of nitrogens with two attached hydrogens (primary N) is 1. The van der Waals surface area contributed by atoms with Crippen molar-refractivity contribution in [1.29, 1.82) is 0 Å². The van der Waals surface area contributed by atoms with Gasteiger partial charge in [0.1, 0.15) is 11.5 Å². The maximum atomic E-state index is 12.7. The zero-order chi connectivity index (χ0) is 21.4. The highest BCUT2D eigenvalue weighted by Gasteiger charge is 2.21. The van der Waals surface area contributed by atoms with E-state index in [1.807, 2.05) is 30.9 Å².